The fourth-order valence-electron chi connectivity index (χ4n) is 3.48. The van der Waals surface area contributed by atoms with Crippen molar-refractivity contribution in [1.82, 2.24) is 10.0 Å². The highest BCUT2D eigenvalue weighted by Gasteiger charge is 2.29. The Morgan fingerprint density at radius 2 is 1.69 bits per heavy atom. The molecule has 4 rings (SSSR count). The summed E-state index contributed by atoms with van der Waals surface area (Å²) < 4.78 is 38.1. The van der Waals surface area contributed by atoms with E-state index in [-0.39, 0.29) is 10.8 Å². The summed E-state index contributed by atoms with van der Waals surface area (Å²) in [4.78, 5) is 12.8. The molecule has 0 fully saturated rings. The molecule has 0 aromatic heterocycles. The van der Waals surface area contributed by atoms with Gasteiger partial charge in [-0.15, -0.1) is 0 Å². The molecule has 0 saturated heterocycles. The van der Waals surface area contributed by atoms with Crippen molar-refractivity contribution in [2.75, 3.05) is 19.5 Å². The third-order valence-corrected chi connectivity index (χ3v) is 6.64. The van der Waals surface area contributed by atoms with Gasteiger partial charge < -0.3 is 20.1 Å². The summed E-state index contributed by atoms with van der Waals surface area (Å²) in [5.74, 6) is 0.967. The quantitative estimate of drug-likeness (QED) is 0.530. The second kappa shape index (κ2) is 8.89. The second-order valence-electron chi connectivity index (χ2n) is 7.19. The molecule has 0 radical (unpaired) electrons. The lowest BCUT2D eigenvalue weighted by atomic mass is 10.1. The summed E-state index contributed by atoms with van der Waals surface area (Å²) in [5, 5.41) is 6.04. The number of para-hydroxylation sites is 1. The summed E-state index contributed by atoms with van der Waals surface area (Å²) in [6.07, 6.45) is -0.626. The molecule has 8 nitrogen and oxygen atoms in total. The van der Waals surface area contributed by atoms with E-state index in [0.29, 0.717) is 34.9 Å². The summed E-state index contributed by atoms with van der Waals surface area (Å²) in [6.45, 7) is 0.321. The van der Waals surface area contributed by atoms with Crippen LogP contribution < -0.4 is 24.8 Å². The van der Waals surface area contributed by atoms with Crippen molar-refractivity contribution in [2.45, 2.75) is 17.6 Å². The maximum atomic E-state index is 12.6. The van der Waals surface area contributed by atoms with Crippen LogP contribution in [0.5, 0.6) is 11.5 Å². The molecule has 9 heteroatoms. The third-order valence-electron chi connectivity index (χ3n) is 5.16. The third kappa shape index (κ3) is 4.39. The fraction of sp³-hybridized carbons (Fsp3) is 0.174. The van der Waals surface area contributed by atoms with Crippen molar-refractivity contribution in [2.24, 2.45) is 0 Å². The van der Waals surface area contributed by atoms with Gasteiger partial charge in [0.15, 0.2) is 11.5 Å². The minimum atomic E-state index is -3.63. The first-order chi connectivity index (χ1) is 15.4. The first kappa shape index (κ1) is 21.7. The van der Waals surface area contributed by atoms with Crippen molar-refractivity contribution in [1.29, 1.82) is 0 Å². The highest BCUT2D eigenvalue weighted by atomic mass is 32.2. The summed E-state index contributed by atoms with van der Waals surface area (Å²) in [7, 11) is -0.505. The number of ether oxygens (including phenoxy) is 2. The molecule has 1 amide bonds. The smallest absolute Gasteiger partial charge is 0.251 e. The van der Waals surface area contributed by atoms with Crippen LogP contribution in [-0.4, -0.2) is 28.5 Å². The van der Waals surface area contributed by atoms with E-state index in [4.69, 9.17) is 9.47 Å². The Balaban J connectivity index is 1.43. The summed E-state index contributed by atoms with van der Waals surface area (Å²) >= 11 is 0. The molecule has 166 valence electrons. The predicted octanol–water partition coefficient (Wildman–Crippen LogP) is 3.04. The Hall–Kier alpha value is -3.56. The zero-order valence-electron chi connectivity index (χ0n) is 17.6. The summed E-state index contributed by atoms with van der Waals surface area (Å²) in [6, 6.07) is 18.9. The Labute approximate surface area is 186 Å². The molecule has 1 aliphatic heterocycles. The average Bonchev–Trinajstić information content (AvgIpc) is 2.82. The number of nitrogens with one attached hydrogen (secondary N) is 3. The SMILES string of the molecule is COc1ccc(CNC(=O)c2ccc([C@@H]3Nc4ccccc4S(=O)(=O)N3)cc2)cc1OC. The van der Waals surface area contributed by atoms with Gasteiger partial charge in [-0.2, -0.15) is 4.72 Å². The Bertz CT molecular complexity index is 1240. The molecule has 0 spiro atoms. The second-order valence-corrected chi connectivity index (χ2v) is 8.87. The minimum Gasteiger partial charge on any atom is -0.493 e. The zero-order valence-corrected chi connectivity index (χ0v) is 18.4. The van der Waals surface area contributed by atoms with Crippen LogP contribution in [0.4, 0.5) is 5.69 Å². The number of amides is 1. The number of benzene rings is 3. The van der Waals surface area contributed by atoms with Gasteiger partial charge in [-0.05, 0) is 47.5 Å². The number of rotatable bonds is 6. The van der Waals surface area contributed by atoms with Crippen molar-refractivity contribution < 1.29 is 22.7 Å². The maximum Gasteiger partial charge on any atom is 0.251 e. The van der Waals surface area contributed by atoms with Gasteiger partial charge in [0.05, 0.1) is 19.9 Å². The van der Waals surface area contributed by atoms with E-state index in [1.54, 1.807) is 74.9 Å². The van der Waals surface area contributed by atoms with Crippen molar-refractivity contribution in [3.8, 4) is 11.5 Å². The standard InChI is InChI=1S/C23H23N3O5S/c1-30-19-12-7-15(13-20(19)31-2)14-24-23(27)17-10-8-16(9-11-17)22-25-18-5-3-4-6-21(18)32(28,29)26-22/h3-13,22,25-26H,14H2,1-2H3,(H,24,27)/t22-/m1/s1. The molecular weight excluding hydrogens is 430 g/mol. The first-order valence-corrected chi connectivity index (χ1v) is 11.4. The normalized spacial score (nSPS) is 16.4. The van der Waals surface area contributed by atoms with Crippen LogP contribution in [-0.2, 0) is 16.6 Å². The lowest BCUT2D eigenvalue weighted by Crippen LogP contribution is -2.38. The summed E-state index contributed by atoms with van der Waals surface area (Å²) in [5.41, 5.74) is 2.56. The van der Waals surface area contributed by atoms with E-state index in [1.807, 2.05) is 6.07 Å². The van der Waals surface area contributed by atoms with Gasteiger partial charge in [-0.3, -0.25) is 4.79 Å². The highest BCUT2D eigenvalue weighted by Crippen LogP contribution is 2.31. The van der Waals surface area contributed by atoms with Crippen LogP contribution in [0.2, 0.25) is 0 Å². The molecule has 0 aliphatic carbocycles. The van der Waals surface area contributed by atoms with Gasteiger partial charge in [0, 0.05) is 12.1 Å². The Kier molecular flexibility index (Phi) is 6.02. The molecule has 32 heavy (non-hydrogen) atoms. The topological polar surface area (TPSA) is 106 Å². The van der Waals surface area contributed by atoms with Crippen LogP contribution in [0.3, 0.4) is 0 Å². The van der Waals surface area contributed by atoms with Crippen LogP contribution in [0.1, 0.15) is 27.7 Å². The number of methoxy groups -OCH3 is 2. The van der Waals surface area contributed by atoms with Crippen molar-refractivity contribution in [3.63, 3.8) is 0 Å². The van der Waals surface area contributed by atoms with Crippen LogP contribution in [0, 0.1) is 0 Å². The van der Waals surface area contributed by atoms with Crippen LogP contribution in [0.25, 0.3) is 0 Å². The van der Waals surface area contributed by atoms with Crippen molar-refractivity contribution in [3.05, 3.63) is 83.4 Å². The van der Waals surface area contributed by atoms with Gasteiger partial charge in [0.1, 0.15) is 11.1 Å². The fourth-order valence-corrected chi connectivity index (χ4v) is 4.78. The molecule has 0 bridgehead atoms. The maximum absolute atomic E-state index is 12.6. The lowest BCUT2D eigenvalue weighted by molar-refractivity contribution is 0.0951. The van der Waals surface area contributed by atoms with Gasteiger partial charge >= 0.3 is 0 Å². The minimum absolute atomic E-state index is 0.211. The first-order valence-electron chi connectivity index (χ1n) is 9.88. The number of hydrogen-bond donors (Lipinski definition) is 3. The lowest BCUT2D eigenvalue weighted by Gasteiger charge is -2.28. The molecule has 1 heterocycles. The number of anilines is 1. The van der Waals surface area contributed by atoms with E-state index in [0.717, 1.165) is 5.56 Å². The van der Waals surface area contributed by atoms with Crippen LogP contribution >= 0.6 is 0 Å². The molecule has 1 aliphatic rings. The molecule has 1 atom stereocenters. The highest BCUT2D eigenvalue weighted by molar-refractivity contribution is 7.89. The number of carbonyl (C=O) groups is 1. The Morgan fingerprint density at radius 3 is 2.41 bits per heavy atom. The van der Waals surface area contributed by atoms with Crippen LogP contribution in [0.15, 0.2) is 71.6 Å². The van der Waals surface area contributed by atoms with E-state index < -0.39 is 16.2 Å². The van der Waals surface area contributed by atoms with E-state index >= 15 is 0 Å². The molecule has 3 aromatic carbocycles. The molecule has 0 saturated carbocycles. The van der Waals surface area contributed by atoms with Gasteiger partial charge in [0.25, 0.3) is 5.91 Å². The molecular formula is C23H23N3O5S. The molecule has 3 N–H and O–H groups in total. The number of sulfonamides is 1. The van der Waals surface area contributed by atoms with Gasteiger partial charge in [-0.25, -0.2) is 8.42 Å². The number of carbonyl (C=O) groups excluding carboxylic acids is 1. The van der Waals surface area contributed by atoms with E-state index in [9.17, 15) is 13.2 Å². The average molecular weight is 454 g/mol. The molecule has 3 aromatic rings. The van der Waals surface area contributed by atoms with Gasteiger partial charge in [0.2, 0.25) is 10.0 Å². The van der Waals surface area contributed by atoms with Gasteiger partial charge in [-0.1, -0.05) is 30.3 Å². The largest absolute Gasteiger partial charge is 0.493 e. The van der Waals surface area contributed by atoms with E-state index in [1.165, 1.54) is 0 Å². The Morgan fingerprint density at radius 1 is 0.969 bits per heavy atom. The predicted molar refractivity (Wildman–Crippen MR) is 120 cm³/mol. The number of fused-ring (bicyclic) bond motifs is 1. The zero-order chi connectivity index (χ0) is 22.7. The monoisotopic (exact) mass is 453 g/mol. The van der Waals surface area contributed by atoms with Crippen molar-refractivity contribution >= 4 is 21.6 Å². The van der Waals surface area contributed by atoms with E-state index in [2.05, 4.69) is 15.4 Å². The number of hydrogen-bond acceptors (Lipinski definition) is 6. The molecule has 0 unspecified atom stereocenters.